The van der Waals surface area contributed by atoms with Crippen LogP contribution in [0.4, 0.5) is 5.69 Å². The van der Waals surface area contributed by atoms with Crippen LogP contribution in [0.1, 0.15) is 84.1 Å². The maximum Gasteiger partial charge on any atom is 0.247 e. The van der Waals surface area contributed by atoms with Crippen molar-refractivity contribution in [2.24, 2.45) is 22.7 Å². The second-order valence-corrected chi connectivity index (χ2v) is 13.8. The summed E-state index contributed by atoms with van der Waals surface area (Å²) in [7, 11) is 0. The zero-order chi connectivity index (χ0) is 25.0. The van der Waals surface area contributed by atoms with E-state index in [4.69, 9.17) is 0 Å². The Balaban J connectivity index is 1.33. The summed E-state index contributed by atoms with van der Waals surface area (Å²) >= 11 is 0. The number of hydrogen-bond donors (Lipinski definition) is 1. The lowest BCUT2D eigenvalue weighted by molar-refractivity contribution is -0.158. The predicted octanol–water partition coefficient (Wildman–Crippen LogP) is 5.47. The van der Waals surface area contributed by atoms with Crippen molar-refractivity contribution >= 4 is 17.5 Å². The van der Waals surface area contributed by atoms with Crippen LogP contribution >= 0.6 is 0 Å². The van der Waals surface area contributed by atoms with Gasteiger partial charge in [0.1, 0.15) is 18.2 Å². The van der Waals surface area contributed by atoms with Crippen LogP contribution in [-0.2, 0) is 15.0 Å². The number of hydrogen-bond acceptors (Lipinski definition) is 3. The van der Waals surface area contributed by atoms with Crippen molar-refractivity contribution < 1.29 is 9.59 Å². The highest BCUT2D eigenvalue weighted by Crippen LogP contribution is 2.65. The van der Waals surface area contributed by atoms with Crippen molar-refractivity contribution in [3.8, 4) is 0 Å². The van der Waals surface area contributed by atoms with Crippen molar-refractivity contribution in [1.82, 2.24) is 9.80 Å². The molecule has 5 nitrogen and oxygen atoms in total. The van der Waals surface area contributed by atoms with Crippen LogP contribution in [0.15, 0.2) is 36.4 Å². The van der Waals surface area contributed by atoms with E-state index in [2.05, 4.69) is 56.9 Å². The molecule has 192 valence electrons. The van der Waals surface area contributed by atoms with Gasteiger partial charge in [0.15, 0.2) is 0 Å². The van der Waals surface area contributed by atoms with E-state index >= 15 is 0 Å². The Bertz CT molecular complexity index is 1160. The Morgan fingerprint density at radius 3 is 2.67 bits per heavy atom. The van der Waals surface area contributed by atoms with Crippen LogP contribution in [0, 0.1) is 22.7 Å². The highest BCUT2D eigenvalue weighted by molar-refractivity contribution is 5.99. The van der Waals surface area contributed by atoms with Gasteiger partial charge in [-0.25, -0.2) is 0 Å². The second-order valence-electron chi connectivity index (χ2n) is 13.8. The summed E-state index contributed by atoms with van der Waals surface area (Å²) in [5, 5.41) is 3.78. The summed E-state index contributed by atoms with van der Waals surface area (Å²) in [5.41, 5.74) is 4.14. The molecule has 0 spiro atoms. The summed E-state index contributed by atoms with van der Waals surface area (Å²) < 4.78 is 0. The largest absolute Gasteiger partial charge is 0.364 e. The van der Waals surface area contributed by atoms with Gasteiger partial charge < -0.3 is 15.1 Å². The molecule has 1 aromatic carbocycles. The number of para-hydroxylation sites is 1. The first-order valence-electron chi connectivity index (χ1n) is 14.3. The molecular weight excluding hydrogens is 446 g/mol. The molecule has 5 fully saturated rings. The molecule has 2 saturated carbocycles. The molecule has 7 rings (SSSR count). The highest BCUT2D eigenvalue weighted by atomic mass is 16.2. The number of benzene rings is 1. The molecular formula is C31H41N3O2. The van der Waals surface area contributed by atoms with Crippen LogP contribution in [-0.4, -0.2) is 46.4 Å². The lowest BCUT2D eigenvalue weighted by Gasteiger charge is -2.59. The molecule has 0 radical (unpaired) electrons. The van der Waals surface area contributed by atoms with Gasteiger partial charge in [0.25, 0.3) is 0 Å². The molecule has 5 heteroatoms. The Morgan fingerprint density at radius 2 is 1.83 bits per heavy atom. The molecule has 1 N–H and O–H groups in total. The van der Waals surface area contributed by atoms with Crippen molar-refractivity contribution in [2.45, 2.75) is 102 Å². The zero-order valence-electron chi connectivity index (χ0n) is 22.2. The first-order chi connectivity index (χ1) is 17.2. The Kier molecular flexibility index (Phi) is 4.69. The van der Waals surface area contributed by atoms with E-state index in [0.29, 0.717) is 17.3 Å². The van der Waals surface area contributed by atoms with E-state index in [1.807, 2.05) is 9.80 Å². The Labute approximate surface area is 215 Å². The minimum atomic E-state index is -0.346. The molecule has 3 saturated heterocycles. The standard InChI is InChI=1S/C31H41N3O2/c1-19-12-13-25-29(2,3)14-8-15-30(25,4)21(19)17-31-18-24-26(35)33-16-7-11-23(33)27(36)34(24)28(31)32-22-10-6-5-9-20(22)31/h5-6,9-10,21,23-25,28,32H,1,7-8,11-18H2,2-4H3/t21-,23-,24-,25-,28-,30+,31-/m0/s1. The van der Waals surface area contributed by atoms with E-state index in [0.717, 1.165) is 44.3 Å². The van der Waals surface area contributed by atoms with E-state index in [-0.39, 0.29) is 40.9 Å². The molecule has 4 heterocycles. The number of carbonyl (C=O) groups is 2. The van der Waals surface area contributed by atoms with Crippen molar-refractivity contribution in [3.63, 3.8) is 0 Å². The monoisotopic (exact) mass is 487 g/mol. The van der Waals surface area contributed by atoms with Gasteiger partial charge in [0.2, 0.25) is 11.8 Å². The molecule has 2 amide bonds. The molecule has 6 aliphatic rings. The third kappa shape index (κ3) is 2.78. The lowest BCUT2D eigenvalue weighted by atomic mass is 9.46. The van der Waals surface area contributed by atoms with Gasteiger partial charge in [-0.2, -0.15) is 0 Å². The minimum absolute atomic E-state index is 0.146. The van der Waals surface area contributed by atoms with Gasteiger partial charge in [-0.15, -0.1) is 0 Å². The van der Waals surface area contributed by atoms with Crippen molar-refractivity contribution in [1.29, 1.82) is 0 Å². The summed E-state index contributed by atoms with van der Waals surface area (Å²) in [5.74, 6) is 1.43. The summed E-state index contributed by atoms with van der Waals surface area (Å²) in [6.45, 7) is 12.9. The van der Waals surface area contributed by atoms with Gasteiger partial charge >= 0.3 is 0 Å². The first kappa shape index (κ1) is 22.9. The maximum absolute atomic E-state index is 13.9. The van der Waals surface area contributed by atoms with Gasteiger partial charge in [-0.3, -0.25) is 9.59 Å². The fourth-order valence-corrected chi connectivity index (χ4v) is 10.1. The first-order valence-corrected chi connectivity index (χ1v) is 14.3. The zero-order valence-corrected chi connectivity index (χ0v) is 22.2. The van der Waals surface area contributed by atoms with Crippen LogP contribution in [0.5, 0.6) is 0 Å². The van der Waals surface area contributed by atoms with E-state index < -0.39 is 0 Å². The fourth-order valence-electron chi connectivity index (χ4n) is 10.1. The maximum atomic E-state index is 13.9. The Morgan fingerprint density at radius 1 is 1.03 bits per heavy atom. The topological polar surface area (TPSA) is 52.7 Å². The van der Waals surface area contributed by atoms with Crippen molar-refractivity contribution in [2.75, 3.05) is 11.9 Å². The van der Waals surface area contributed by atoms with Crippen LogP contribution in [0.25, 0.3) is 0 Å². The number of rotatable bonds is 2. The number of nitrogens with zero attached hydrogens (tertiary/aromatic N) is 2. The van der Waals surface area contributed by atoms with E-state index in [1.165, 1.54) is 36.8 Å². The Hall–Kier alpha value is -2.30. The number of amides is 2. The molecule has 4 aliphatic heterocycles. The fraction of sp³-hybridized carbons (Fsp3) is 0.677. The lowest BCUT2D eigenvalue weighted by Crippen LogP contribution is -2.63. The number of piperazine rings is 1. The highest BCUT2D eigenvalue weighted by Gasteiger charge is 2.66. The van der Waals surface area contributed by atoms with E-state index in [1.54, 1.807) is 0 Å². The van der Waals surface area contributed by atoms with Gasteiger partial charge in [-0.05, 0) is 85.7 Å². The molecule has 1 aromatic rings. The quantitative estimate of drug-likeness (QED) is 0.563. The smallest absolute Gasteiger partial charge is 0.247 e. The molecule has 0 bridgehead atoms. The molecule has 2 aliphatic carbocycles. The minimum Gasteiger partial charge on any atom is -0.364 e. The number of nitrogens with one attached hydrogen (secondary N) is 1. The number of fused-ring (bicyclic) bond motifs is 7. The molecule has 0 aromatic heterocycles. The van der Waals surface area contributed by atoms with Crippen LogP contribution < -0.4 is 5.32 Å². The van der Waals surface area contributed by atoms with Gasteiger partial charge in [-0.1, -0.05) is 57.5 Å². The summed E-state index contributed by atoms with van der Waals surface area (Å²) in [6, 6.07) is 8.02. The van der Waals surface area contributed by atoms with Gasteiger partial charge in [0.05, 0.1) is 0 Å². The normalized spacial score (nSPS) is 42.4. The van der Waals surface area contributed by atoms with Crippen LogP contribution in [0.2, 0.25) is 0 Å². The molecule has 7 atom stereocenters. The SMILES string of the molecule is C=C1CC[C@H]2C(C)(C)CCC[C@]2(C)[C@H]1C[C@@]12C[C@H]3C(=O)N4CCC[C@H]4C(=O)N3[C@@H]1Nc1ccccc12. The summed E-state index contributed by atoms with van der Waals surface area (Å²) in [4.78, 5) is 31.5. The third-order valence-electron chi connectivity index (χ3n) is 11.7. The van der Waals surface area contributed by atoms with Crippen LogP contribution in [0.3, 0.4) is 0 Å². The average Bonchev–Trinajstić information content (AvgIpc) is 3.52. The average molecular weight is 488 g/mol. The number of allylic oxidation sites excluding steroid dienone is 1. The number of carbonyl (C=O) groups excluding carboxylic acids is 2. The molecule has 0 unspecified atom stereocenters. The predicted molar refractivity (Wildman–Crippen MR) is 141 cm³/mol. The van der Waals surface area contributed by atoms with Crippen molar-refractivity contribution in [3.05, 3.63) is 42.0 Å². The number of anilines is 1. The summed E-state index contributed by atoms with van der Waals surface area (Å²) in [6.07, 6.45) is 9.47. The van der Waals surface area contributed by atoms with Gasteiger partial charge in [0, 0.05) is 17.6 Å². The second kappa shape index (κ2) is 7.39. The molecule has 36 heavy (non-hydrogen) atoms. The van der Waals surface area contributed by atoms with E-state index in [9.17, 15) is 9.59 Å². The third-order valence-corrected chi connectivity index (χ3v) is 11.7.